The smallest absolute Gasteiger partial charge is 0.374 e. The van der Waals surface area contributed by atoms with Gasteiger partial charge in [0.15, 0.2) is 11.4 Å². The van der Waals surface area contributed by atoms with Gasteiger partial charge in [-0.2, -0.15) is 23.5 Å². The summed E-state index contributed by atoms with van der Waals surface area (Å²) in [7, 11) is 1.09. The summed E-state index contributed by atoms with van der Waals surface area (Å²) in [6.45, 7) is -0.406. The van der Waals surface area contributed by atoms with Gasteiger partial charge in [-0.05, 0) is 38.5 Å². The molecular formula is C21H29F3N6O3. The maximum Gasteiger partial charge on any atom is 0.419 e. The number of anilines is 1. The van der Waals surface area contributed by atoms with Crippen molar-refractivity contribution >= 4 is 11.7 Å². The fourth-order valence-electron chi connectivity index (χ4n) is 4.94. The van der Waals surface area contributed by atoms with Crippen molar-refractivity contribution in [3.8, 4) is 6.07 Å². The number of halogens is 3. The van der Waals surface area contributed by atoms with Crippen LogP contribution in [0, 0.1) is 17.2 Å². The summed E-state index contributed by atoms with van der Waals surface area (Å²) in [5.74, 6) is -0.0581. The van der Waals surface area contributed by atoms with Crippen molar-refractivity contribution in [2.75, 3.05) is 25.5 Å². The van der Waals surface area contributed by atoms with Crippen molar-refractivity contribution in [1.82, 2.24) is 14.7 Å². The molecule has 4 N–H and O–H groups in total. The van der Waals surface area contributed by atoms with Gasteiger partial charge >= 0.3 is 6.18 Å². The van der Waals surface area contributed by atoms with Crippen molar-refractivity contribution in [3.05, 3.63) is 11.8 Å². The van der Waals surface area contributed by atoms with Gasteiger partial charge in [-0.3, -0.25) is 14.4 Å². The number of nitrogens with two attached hydrogens (primary N) is 1. The number of alkyl halides is 3. The lowest BCUT2D eigenvalue weighted by atomic mass is 9.75. The molecule has 0 aromatic carbocycles. The summed E-state index contributed by atoms with van der Waals surface area (Å²) in [6, 6.07) is 2.14. The Morgan fingerprint density at radius 2 is 2.03 bits per heavy atom. The highest BCUT2D eigenvalue weighted by Crippen LogP contribution is 2.46. The van der Waals surface area contributed by atoms with E-state index in [9.17, 15) is 28.3 Å². The number of aliphatic hydroxyl groups excluding tert-OH is 1. The molecule has 1 atom stereocenters. The molecule has 33 heavy (non-hydrogen) atoms. The van der Waals surface area contributed by atoms with Crippen LogP contribution in [0.1, 0.15) is 56.7 Å². The van der Waals surface area contributed by atoms with Gasteiger partial charge in [0.25, 0.3) is 0 Å². The molecule has 1 aromatic rings. The summed E-state index contributed by atoms with van der Waals surface area (Å²) >= 11 is 0. The maximum absolute atomic E-state index is 13.3. The SMILES string of the molecule is COC1(C(F)(F)F)CN(C2CCC(CC#N)(n3cc(C(N)O)c(NC(=O)C4CC4)n3)CC2)C1. The van der Waals surface area contributed by atoms with Crippen LogP contribution in [0.5, 0.6) is 0 Å². The van der Waals surface area contributed by atoms with Gasteiger partial charge in [-0.1, -0.05) is 0 Å². The van der Waals surface area contributed by atoms with Gasteiger partial charge in [0.1, 0.15) is 6.23 Å². The van der Waals surface area contributed by atoms with E-state index in [1.165, 1.54) is 0 Å². The molecule has 1 aliphatic heterocycles. The molecule has 1 saturated heterocycles. The quantitative estimate of drug-likeness (QED) is 0.520. The lowest BCUT2D eigenvalue weighted by Crippen LogP contribution is -2.72. The number of hydrogen-bond donors (Lipinski definition) is 3. The molecule has 4 rings (SSSR count). The number of ether oxygens (including phenoxy) is 1. The minimum atomic E-state index is -4.42. The highest BCUT2D eigenvalue weighted by atomic mass is 19.4. The van der Waals surface area contributed by atoms with E-state index < -0.39 is 23.5 Å². The number of carbonyl (C=O) groups excluding carboxylic acids is 1. The number of aliphatic hydroxyl groups is 1. The lowest BCUT2D eigenvalue weighted by molar-refractivity contribution is -0.316. The van der Waals surface area contributed by atoms with Crippen LogP contribution in [-0.4, -0.2) is 63.7 Å². The third-order valence-corrected chi connectivity index (χ3v) is 7.37. The number of nitriles is 1. The van der Waals surface area contributed by atoms with E-state index >= 15 is 0 Å². The summed E-state index contributed by atoms with van der Waals surface area (Å²) in [5.41, 5.74) is 3.14. The Bertz CT molecular complexity index is 923. The molecule has 1 aromatic heterocycles. The third-order valence-electron chi connectivity index (χ3n) is 7.37. The molecule has 3 aliphatic rings. The van der Waals surface area contributed by atoms with Crippen LogP contribution < -0.4 is 11.1 Å². The first-order valence-corrected chi connectivity index (χ1v) is 11.1. The van der Waals surface area contributed by atoms with Crippen LogP contribution in [-0.2, 0) is 15.1 Å². The fraction of sp³-hybridized carbons (Fsp3) is 0.762. The number of amides is 1. The van der Waals surface area contributed by atoms with E-state index in [4.69, 9.17) is 10.5 Å². The van der Waals surface area contributed by atoms with Crippen molar-refractivity contribution in [1.29, 1.82) is 5.26 Å². The standard InChI is InChI=1S/C21H29F3N6O3/c1-33-20(21(22,23)24)11-29(12-20)14-4-6-19(7-5-14,8-9-25)30-10-15(16(26)31)17(28-30)27-18(32)13-2-3-13/h10,13-14,16,31H,2-8,11-12,26H2,1H3,(H,27,28,32). The highest BCUT2D eigenvalue weighted by Gasteiger charge is 2.63. The van der Waals surface area contributed by atoms with Gasteiger partial charge in [-0.25, -0.2) is 0 Å². The molecule has 2 aliphatic carbocycles. The minimum Gasteiger partial charge on any atom is -0.374 e. The van der Waals surface area contributed by atoms with Crippen LogP contribution in [0.25, 0.3) is 0 Å². The Kier molecular flexibility index (Phi) is 6.20. The number of carbonyl (C=O) groups is 1. The van der Waals surface area contributed by atoms with Crippen LogP contribution >= 0.6 is 0 Å². The van der Waals surface area contributed by atoms with Gasteiger partial charge in [0.05, 0.1) is 23.6 Å². The summed E-state index contributed by atoms with van der Waals surface area (Å²) < 4.78 is 46.4. The number of likely N-dealkylation sites (tertiary alicyclic amines) is 1. The van der Waals surface area contributed by atoms with Crippen LogP contribution in [0.3, 0.4) is 0 Å². The zero-order chi connectivity index (χ0) is 24.0. The first-order chi connectivity index (χ1) is 15.5. The maximum atomic E-state index is 13.3. The van der Waals surface area contributed by atoms with Crippen molar-refractivity contribution in [2.45, 2.75) is 74.5 Å². The highest BCUT2D eigenvalue weighted by molar-refractivity contribution is 5.93. The Labute approximate surface area is 189 Å². The second kappa shape index (κ2) is 8.54. The van der Waals surface area contributed by atoms with E-state index in [0.717, 1.165) is 20.0 Å². The minimum absolute atomic E-state index is 0.0494. The Hall–Kier alpha value is -2.20. The first kappa shape index (κ1) is 23.9. The van der Waals surface area contributed by atoms with Crippen LogP contribution in [0.15, 0.2) is 6.20 Å². The van der Waals surface area contributed by atoms with Gasteiger partial charge in [0.2, 0.25) is 5.91 Å². The second-order valence-electron chi connectivity index (χ2n) is 9.48. The number of nitrogens with one attached hydrogen (secondary N) is 1. The Morgan fingerprint density at radius 3 is 2.52 bits per heavy atom. The van der Waals surface area contributed by atoms with E-state index in [0.29, 0.717) is 25.7 Å². The molecule has 1 unspecified atom stereocenters. The third kappa shape index (κ3) is 4.35. The van der Waals surface area contributed by atoms with E-state index in [1.807, 2.05) is 0 Å². The van der Waals surface area contributed by atoms with Crippen molar-refractivity contribution < 1.29 is 27.8 Å². The number of nitrogens with zero attached hydrogens (tertiary/aromatic N) is 4. The van der Waals surface area contributed by atoms with E-state index in [2.05, 4.69) is 16.5 Å². The molecule has 1 amide bonds. The molecule has 2 saturated carbocycles. The zero-order valence-electron chi connectivity index (χ0n) is 18.4. The average molecular weight is 470 g/mol. The van der Waals surface area contributed by atoms with E-state index in [1.54, 1.807) is 15.8 Å². The molecule has 12 heteroatoms. The molecule has 0 radical (unpaired) electrons. The number of hydrogen-bond acceptors (Lipinski definition) is 7. The monoisotopic (exact) mass is 470 g/mol. The topological polar surface area (TPSA) is 129 Å². The van der Waals surface area contributed by atoms with Crippen LogP contribution in [0.2, 0.25) is 0 Å². The average Bonchev–Trinajstić information content (AvgIpc) is 3.48. The zero-order valence-corrected chi connectivity index (χ0v) is 18.4. The predicted octanol–water partition coefficient (Wildman–Crippen LogP) is 2.00. The summed E-state index contributed by atoms with van der Waals surface area (Å²) in [5, 5.41) is 26.7. The molecular weight excluding hydrogens is 441 g/mol. The fourth-order valence-corrected chi connectivity index (χ4v) is 4.94. The molecule has 9 nitrogen and oxygen atoms in total. The number of rotatable bonds is 7. The van der Waals surface area contributed by atoms with Gasteiger partial charge in [0, 0.05) is 38.4 Å². The molecule has 2 heterocycles. The molecule has 0 spiro atoms. The number of methoxy groups -OCH3 is 1. The summed E-state index contributed by atoms with van der Waals surface area (Å²) in [6.07, 6.45) is -0.244. The largest absolute Gasteiger partial charge is 0.419 e. The molecule has 3 fully saturated rings. The Morgan fingerprint density at radius 1 is 1.39 bits per heavy atom. The number of aromatic nitrogens is 2. The molecule has 0 bridgehead atoms. The van der Waals surface area contributed by atoms with Crippen LogP contribution in [0.4, 0.5) is 19.0 Å². The predicted molar refractivity (Wildman–Crippen MR) is 111 cm³/mol. The van der Waals surface area contributed by atoms with Gasteiger partial charge in [-0.15, -0.1) is 0 Å². The second-order valence-corrected chi connectivity index (χ2v) is 9.48. The lowest BCUT2D eigenvalue weighted by Gasteiger charge is -2.54. The normalized spacial score (nSPS) is 28.6. The first-order valence-electron chi connectivity index (χ1n) is 11.1. The van der Waals surface area contributed by atoms with Crippen molar-refractivity contribution in [2.24, 2.45) is 11.7 Å². The van der Waals surface area contributed by atoms with Crippen molar-refractivity contribution in [3.63, 3.8) is 0 Å². The molecule has 182 valence electrons. The summed E-state index contributed by atoms with van der Waals surface area (Å²) in [4.78, 5) is 14.0. The van der Waals surface area contributed by atoms with E-state index in [-0.39, 0.29) is 48.8 Å². The van der Waals surface area contributed by atoms with Gasteiger partial charge < -0.3 is 20.9 Å². The Balaban J connectivity index is 1.48.